The lowest BCUT2D eigenvalue weighted by Gasteiger charge is -2.47. The number of ether oxygens (including phenoxy) is 1. The number of carboxylic acid groups (broad SMARTS) is 1. The first-order valence-electron chi connectivity index (χ1n) is 6.20. The third-order valence-electron chi connectivity index (χ3n) is 3.20. The van der Waals surface area contributed by atoms with Crippen LogP contribution in [0.4, 0.5) is 0 Å². The average molecular weight is 258 g/mol. The molecule has 0 aromatic heterocycles. The van der Waals surface area contributed by atoms with Crippen LogP contribution in [-0.4, -0.2) is 53.7 Å². The highest BCUT2D eigenvalue weighted by Crippen LogP contribution is 2.25. The molecule has 1 heterocycles. The lowest BCUT2D eigenvalue weighted by atomic mass is 9.95. The van der Waals surface area contributed by atoms with Gasteiger partial charge in [-0.1, -0.05) is 6.92 Å². The number of carbonyl (C=O) groups is 2. The fraction of sp³-hybridized carbons (Fsp3) is 0.833. The van der Waals surface area contributed by atoms with Crippen molar-refractivity contribution in [3.63, 3.8) is 0 Å². The van der Waals surface area contributed by atoms with Crippen LogP contribution in [0.15, 0.2) is 0 Å². The number of amides is 1. The Balaban J connectivity index is 2.24. The maximum Gasteiger partial charge on any atom is 0.329 e. The summed E-state index contributed by atoms with van der Waals surface area (Å²) in [5.41, 5.74) is 4.98. The third kappa shape index (κ3) is 4.27. The Bertz CT molecular complexity index is 313. The van der Waals surface area contributed by atoms with E-state index in [1.807, 2.05) is 13.8 Å². The van der Waals surface area contributed by atoms with Gasteiger partial charge >= 0.3 is 5.97 Å². The second-order valence-corrected chi connectivity index (χ2v) is 5.26. The van der Waals surface area contributed by atoms with Crippen molar-refractivity contribution in [3.05, 3.63) is 0 Å². The first-order valence-corrected chi connectivity index (χ1v) is 6.20. The lowest BCUT2D eigenvalue weighted by Crippen LogP contribution is -2.63. The number of nitrogens with zero attached hydrogens (tertiary/aromatic N) is 1. The minimum absolute atomic E-state index is 0.0895. The molecule has 1 fully saturated rings. The number of nitrogens with two attached hydrogens (primary N) is 1. The van der Waals surface area contributed by atoms with Crippen LogP contribution in [0.5, 0.6) is 0 Å². The number of aliphatic carboxylic acids is 1. The van der Waals surface area contributed by atoms with Gasteiger partial charge in [-0.05, 0) is 25.8 Å². The fourth-order valence-electron chi connectivity index (χ4n) is 1.91. The Morgan fingerprint density at radius 3 is 2.61 bits per heavy atom. The van der Waals surface area contributed by atoms with E-state index in [0.29, 0.717) is 32.0 Å². The summed E-state index contributed by atoms with van der Waals surface area (Å²) in [4.78, 5) is 23.9. The Kier molecular flexibility index (Phi) is 5.10. The van der Waals surface area contributed by atoms with Gasteiger partial charge in [0.25, 0.3) is 0 Å². The van der Waals surface area contributed by atoms with Gasteiger partial charge in [0.05, 0.1) is 13.1 Å². The molecule has 6 heteroatoms. The highest BCUT2D eigenvalue weighted by atomic mass is 16.5. The third-order valence-corrected chi connectivity index (χ3v) is 3.20. The molecule has 1 amide bonds. The molecule has 18 heavy (non-hydrogen) atoms. The second-order valence-electron chi connectivity index (χ2n) is 5.26. The monoisotopic (exact) mass is 258 g/mol. The summed E-state index contributed by atoms with van der Waals surface area (Å²) in [6, 6.07) is 0. The number of hydrogen-bond donors (Lipinski definition) is 2. The van der Waals surface area contributed by atoms with E-state index in [1.165, 1.54) is 0 Å². The second kappa shape index (κ2) is 6.15. The molecule has 1 saturated heterocycles. The highest BCUT2D eigenvalue weighted by Gasteiger charge is 2.42. The molecule has 1 aliphatic heterocycles. The summed E-state index contributed by atoms with van der Waals surface area (Å²) in [6.07, 6.45) is 1.28. The van der Waals surface area contributed by atoms with Gasteiger partial charge in [-0.3, -0.25) is 4.79 Å². The SMILES string of the molecule is CC(CN)CCC(=O)N1CC(C)(OCC(=O)O)C1. The van der Waals surface area contributed by atoms with Crippen molar-refractivity contribution < 1.29 is 19.4 Å². The summed E-state index contributed by atoms with van der Waals surface area (Å²) < 4.78 is 5.24. The number of likely N-dealkylation sites (tertiary alicyclic amines) is 1. The van der Waals surface area contributed by atoms with E-state index < -0.39 is 11.6 Å². The number of carboxylic acids is 1. The molecule has 0 aromatic rings. The predicted molar refractivity (Wildman–Crippen MR) is 66.0 cm³/mol. The maximum atomic E-state index is 11.8. The molecule has 0 radical (unpaired) electrons. The Morgan fingerprint density at radius 1 is 1.50 bits per heavy atom. The minimum atomic E-state index is -0.988. The van der Waals surface area contributed by atoms with Crippen molar-refractivity contribution in [1.29, 1.82) is 0 Å². The summed E-state index contributed by atoms with van der Waals surface area (Å²) >= 11 is 0. The van der Waals surface area contributed by atoms with Gasteiger partial charge in [-0.15, -0.1) is 0 Å². The van der Waals surface area contributed by atoms with Gasteiger partial charge in [0, 0.05) is 6.42 Å². The molecule has 1 rings (SSSR count). The van der Waals surface area contributed by atoms with Crippen molar-refractivity contribution in [1.82, 2.24) is 4.90 Å². The summed E-state index contributed by atoms with van der Waals surface area (Å²) in [7, 11) is 0. The van der Waals surface area contributed by atoms with E-state index in [1.54, 1.807) is 4.90 Å². The number of rotatable bonds is 7. The Morgan fingerprint density at radius 2 is 2.11 bits per heavy atom. The maximum absolute atomic E-state index is 11.8. The van der Waals surface area contributed by atoms with E-state index in [2.05, 4.69) is 0 Å². The first-order chi connectivity index (χ1) is 8.36. The van der Waals surface area contributed by atoms with Gasteiger partial charge in [-0.2, -0.15) is 0 Å². The summed E-state index contributed by atoms with van der Waals surface area (Å²) in [5, 5.41) is 8.53. The topological polar surface area (TPSA) is 92.9 Å². The van der Waals surface area contributed by atoms with E-state index in [9.17, 15) is 9.59 Å². The quantitative estimate of drug-likeness (QED) is 0.673. The fourth-order valence-corrected chi connectivity index (χ4v) is 1.91. The van der Waals surface area contributed by atoms with E-state index >= 15 is 0 Å². The largest absolute Gasteiger partial charge is 0.480 e. The van der Waals surface area contributed by atoms with Crippen molar-refractivity contribution in [3.8, 4) is 0 Å². The van der Waals surface area contributed by atoms with Crippen molar-refractivity contribution in [2.45, 2.75) is 32.3 Å². The van der Waals surface area contributed by atoms with E-state index in [4.69, 9.17) is 15.6 Å². The smallest absolute Gasteiger partial charge is 0.329 e. The molecule has 6 nitrogen and oxygen atoms in total. The van der Waals surface area contributed by atoms with E-state index in [0.717, 1.165) is 6.42 Å². The molecule has 0 bridgehead atoms. The first kappa shape index (κ1) is 14.9. The van der Waals surface area contributed by atoms with Crippen LogP contribution in [0.3, 0.4) is 0 Å². The van der Waals surface area contributed by atoms with Crippen LogP contribution in [-0.2, 0) is 14.3 Å². The summed E-state index contributed by atoms with van der Waals surface area (Å²) in [5.74, 6) is -0.547. The van der Waals surface area contributed by atoms with Crippen LogP contribution < -0.4 is 5.73 Å². The zero-order valence-electron chi connectivity index (χ0n) is 11.0. The molecule has 1 atom stereocenters. The Hall–Kier alpha value is -1.14. The highest BCUT2D eigenvalue weighted by molar-refractivity contribution is 5.77. The molecule has 0 saturated carbocycles. The van der Waals surface area contributed by atoms with Gasteiger partial charge in [-0.25, -0.2) is 4.79 Å². The van der Waals surface area contributed by atoms with Crippen molar-refractivity contribution >= 4 is 11.9 Å². The normalized spacial score (nSPS) is 19.2. The van der Waals surface area contributed by atoms with Crippen molar-refractivity contribution in [2.75, 3.05) is 26.2 Å². The van der Waals surface area contributed by atoms with Crippen LogP contribution in [0.1, 0.15) is 26.7 Å². The summed E-state index contributed by atoms with van der Waals surface area (Å²) in [6.45, 7) is 5.05. The zero-order valence-corrected chi connectivity index (χ0v) is 11.0. The van der Waals surface area contributed by atoms with Crippen LogP contribution >= 0.6 is 0 Å². The zero-order chi connectivity index (χ0) is 13.8. The van der Waals surface area contributed by atoms with Crippen molar-refractivity contribution in [2.24, 2.45) is 11.7 Å². The minimum Gasteiger partial charge on any atom is -0.480 e. The van der Waals surface area contributed by atoms with Crippen LogP contribution in [0.25, 0.3) is 0 Å². The molecule has 0 aliphatic carbocycles. The van der Waals surface area contributed by atoms with Crippen LogP contribution in [0.2, 0.25) is 0 Å². The lowest BCUT2D eigenvalue weighted by molar-refractivity contribution is -0.173. The van der Waals surface area contributed by atoms with Crippen LogP contribution in [0, 0.1) is 5.92 Å². The molecule has 3 N–H and O–H groups in total. The van der Waals surface area contributed by atoms with Gasteiger partial charge in [0.15, 0.2) is 0 Å². The van der Waals surface area contributed by atoms with Gasteiger partial charge in [0.2, 0.25) is 5.91 Å². The molecule has 1 aliphatic rings. The molecule has 0 aromatic carbocycles. The van der Waals surface area contributed by atoms with Gasteiger partial charge < -0.3 is 20.5 Å². The molecule has 1 unspecified atom stereocenters. The number of carbonyl (C=O) groups excluding carboxylic acids is 1. The average Bonchev–Trinajstić information content (AvgIpc) is 2.29. The standard InChI is InChI=1S/C12H22N2O4/c1-9(5-13)3-4-10(15)14-7-12(2,8-14)18-6-11(16)17/h9H,3-8,13H2,1-2H3,(H,16,17). The Labute approximate surface area is 107 Å². The molecular formula is C12H22N2O4. The molecule has 104 valence electrons. The van der Waals surface area contributed by atoms with E-state index in [-0.39, 0.29) is 12.5 Å². The molecule has 0 spiro atoms. The molecular weight excluding hydrogens is 236 g/mol. The predicted octanol–water partition coefficient (Wildman–Crippen LogP) is 0.0635. The van der Waals surface area contributed by atoms with Gasteiger partial charge in [0.1, 0.15) is 12.2 Å². The number of hydrogen-bond acceptors (Lipinski definition) is 4.